The molecular formula is C27H35ClN4O4. The van der Waals surface area contributed by atoms with Gasteiger partial charge in [-0.3, -0.25) is 14.4 Å². The fourth-order valence-electron chi connectivity index (χ4n) is 4.92. The predicted molar refractivity (Wildman–Crippen MR) is 139 cm³/mol. The number of methoxy groups -OCH3 is 1. The molecule has 36 heavy (non-hydrogen) atoms. The summed E-state index contributed by atoms with van der Waals surface area (Å²) in [5.74, 6) is -1.13. The second-order valence-electron chi connectivity index (χ2n) is 11.5. The predicted octanol–water partition coefficient (Wildman–Crippen LogP) is 4.77. The normalized spacial score (nSPS) is 18.8. The molecule has 1 aromatic heterocycles. The molecule has 3 N–H and O–H groups in total. The van der Waals surface area contributed by atoms with Crippen LogP contribution in [0.15, 0.2) is 18.2 Å². The third-order valence-corrected chi connectivity index (χ3v) is 6.65. The SMILES string of the molecule is COc1cc(Cl)cc2[nH]c(C(=O)C[C@@H](CC(C)(C)C)C(=O)N[C@H](C#N)C[C@@H]3CC(C)(C)NC3=O)cc12. The molecule has 0 radical (unpaired) electrons. The Morgan fingerprint density at radius 3 is 2.56 bits per heavy atom. The third kappa shape index (κ3) is 6.79. The summed E-state index contributed by atoms with van der Waals surface area (Å²) in [6.45, 7) is 9.87. The molecule has 9 heteroatoms. The second-order valence-corrected chi connectivity index (χ2v) is 12.0. The number of Topliss-reactive ketones (excluding diaryl/α,β-unsaturated/α-hetero) is 1. The smallest absolute Gasteiger partial charge is 0.224 e. The molecule has 0 bridgehead atoms. The Morgan fingerprint density at radius 2 is 2.00 bits per heavy atom. The number of nitrogens with zero attached hydrogens (tertiary/aromatic N) is 1. The molecule has 3 rings (SSSR count). The number of carbonyl (C=O) groups excluding carboxylic acids is 3. The van der Waals surface area contributed by atoms with Crippen molar-refractivity contribution in [1.29, 1.82) is 5.26 Å². The highest BCUT2D eigenvalue weighted by Gasteiger charge is 2.39. The van der Waals surface area contributed by atoms with E-state index in [9.17, 15) is 19.6 Å². The van der Waals surface area contributed by atoms with Crippen molar-refractivity contribution in [2.24, 2.45) is 17.3 Å². The number of aromatic nitrogens is 1. The number of ether oxygens (including phenoxy) is 1. The lowest BCUT2D eigenvalue weighted by atomic mass is 9.81. The number of nitriles is 1. The van der Waals surface area contributed by atoms with Gasteiger partial charge < -0.3 is 20.4 Å². The molecule has 2 aromatic rings. The van der Waals surface area contributed by atoms with Gasteiger partial charge in [0.25, 0.3) is 0 Å². The summed E-state index contributed by atoms with van der Waals surface area (Å²) in [4.78, 5) is 41.9. The van der Waals surface area contributed by atoms with E-state index in [2.05, 4.69) is 21.7 Å². The maximum Gasteiger partial charge on any atom is 0.224 e. The number of carbonyl (C=O) groups is 3. The van der Waals surface area contributed by atoms with Gasteiger partial charge in [-0.2, -0.15) is 5.26 Å². The second kappa shape index (κ2) is 10.5. The average molecular weight is 515 g/mol. The molecule has 1 saturated heterocycles. The van der Waals surface area contributed by atoms with E-state index in [0.717, 1.165) is 5.39 Å². The van der Waals surface area contributed by atoms with Gasteiger partial charge in [0, 0.05) is 34.2 Å². The van der Waals surface area contributed by atoms with Gasteiger partial charge in [0.05, 0.1) is 24.4 Å². The molecule has 1 fully saturated rings. The van der Waals surface area contributed by atoms with Gasteiger partial charge in [-0.1, -0.05) is 32.4 Å². The Balaban J connectivity index is 1.76. The van der Waals surface area contributed by atoms with Crippen molar-refractivity contribution in [3.05, 3.63) is 28.9 Å². The number of amides is 2. The Morgan fingerprint density at radius 1 is 1.31 bits per heavy atom. The van der Waals surface area contributed by atoms with E-state index < -0.39 is 12.0 Å². The van der Waals surface area contributed by atoms with Crippen molar-refractivity contribution in [1.82, 2.24) is 15.6 Å². The molecule has 2 heterocycles. The van der Waals surface area contributed by atoms with E-state index in [0.29, 0.717) is 34.8 Å². The number of benzene rings is 1. The summed E-state index contributed by atoms with van der Waals surface area (Å²) < 4.78 is 5.38. The lowest BCUT2D eigenvalue weighted by Crippen LogP contribution is -2.41. The van der Waals surface area contributed by atoms with Crippen LogP contribution in [0.25, 0.3) is 10.9 Å². The van der Waals surface area contributed by atoms with Crippen molar-refractivity contribution >= 4 is 40.1 Å². The molecule has 8 nitrogen and oxygen atoms in total. The van der Waals surface area contributed by atoms with Crippen LogP contribution in [0.3, 0.4) is 0 Å². The van der Waals surface area contributed by atoms with E-state index in [1.54, 1.807) is 18.2 Å². The minimum Gasteiger partial charge on any atom is -0.496 e. The van der Waals surface area contributed by atoms with Gasteiger partial charge in [-0.05, 0) is 56.7 Å². The first-order chi connectivity index (χ1) is 16.7. The maximum absolute atomic E-state index is 13.3. The lowest BCUT2D eigenvalue weighted by molar-refractivity contribution is -0.127. The number of rotatable bonds is 9. The Labute approximate surface area is 217 Å². The largest absolute Gasteiger partial charge is 0.496 e. The van der Waals surface area contributed by atoms with Crippen LogP contribution in [0.2, 0.25) is 5.02 Å². The zero-order valence-electron chi connectivity index (χ0n) is 21.8. The molecule has 0 spiro atoms. The van der Waals surface area contributed by atoms with E-state index in [4.69, 9.17) is 16.3 Å². The number of aromatic amines is 1. The molecule has 1 aromatic carbocycles. The Hall–Kier alpha value is -3.05. The minimum absolute atomic E-state index is 0.0267. The summed E-state index contributed by atoms with van der Waals surface area (Å²) in [7, 11) is 1.53. The van der Waals surface area contributed by atoms with E-state index in [1.165, 1.54) is 7.11 Å². The van der Waals surface area contributed by atoms with Gasteiger partial charge in [0.2, 0.25) is 11.8 Å². The maximum atomic E-state index is 13.3. The van der Waals surface area contributed by atoms with Crippen molar-refractivity contribution in [3.8, 4) is 11.8 Å². The highest BCUT2D eigenvalue weighted by molar-refractivity contribution is 6.31. The van der Waals surface area contributed by atoms with Gasteiger partial charge in [-0.15, -0.1) is 0 Å². The molecule has 2 amide bonds. The van der Waals surface area contributed by atoms with Gasteiger partial charge in [0.1, 0.15) is 11.8 Å². The summed E-state index contributed by atoms with van der Waals surface area (Å²) in [6, 6.07) is 6.39. The Bertz CT molecular complexity index is 1200. The van der Waals surface area contributed by atoms with Crippen molar-refractivity contribution in [3.63, 3.8) is 0 Å². The molecule has 0 unspecified atom stereocenters. The van der Waals surface area contributed by atoms with Gasteiger partial charge in [0.15, 0.2) is 5.78 Å². The number of hydrogen-bond donors (Lipinski definition) is 3. The first-order valence-electron chi connectivity index (χ1n) is 12.1. The first kappa shape index (κ1) is 27.5. The molecule has 0 aliphatic carbocycles. The fraction of sp³-hybridized carbons (Fsp3) is 0.556. The van der Waals surface area contributed by atoms with Crippen LogP contribution in [-0.4, -0.2) is 41.3 Å². The minimum atomic E-state index is -0.820. The highest BCUT2D eigenvalue weighted by atomic mass is 35.5. The van der Waals surface area contributed by atoms with Crippen molar-refractivity contribution in [2.45, 2.75) is 71.9 Å². The summed E-state index contributed by atoms with van der Waals surface area (Å²) in [5.41, 5.74) is 0.469. The van der Waals surface area contributed by atoms with Crippen LogP contribution in [-0.2, 0) is 9.59 Å². The number of halogens is 1. The van der Waals surface area contributed by atoms with Crippen LogP contribution >= 0.6 is 11.6 Å². The monoisotopic (exact) mass is 514 g/mol. The average Bonchev–Trinajstić information content (AvgIpc) is 3.30. The summed E-state index contributed by atoms with van der Waals surface area (Å²) in [6.07, 6.45) is 1.25. The van der Waals surface area contributed by atoms with E-state index in [1.807, 2.05) is 34.6 Å². The van der Waals surface area contributed by atoms with Gasteiger partial charge in [-0.25, -0.2) is 0 Å². The standard InChI is InChI=1S/C27H35ClN4O4/c1-26(2,3)12-16(24(34)30-18(14-29)7-15-13-27(4,5)32-25(15)35)8-22(33)21-11-19-20(31-21)9-17(28)10-23(19)36-6/h9-11,15-16,18,31H,7-8,12-13H2,1-6H3,(H,30,34)(H,32,35)/t15-,16+,18+/m1/s1. The van der Waals surface area contributed by atoms with Crippen LogP contribution in [0.4, 0.5) is 0 Å². The van der Waals surface area contributed by atoms with Gasteiger partial charge >= 0.3 is 0 Å². The molecule has 1 aliphatic heterocycles. The molecule has 194 valence electrons. The fourth-order valence-corrected chi connectivity index (χ4v) is 5.13. The van der Waals surface area contributed by atoms with Crippen LogP contribution in [0.5, 0.6) is 5.75 Å². The number of hydrogen-bond acceptors (Lipinski definition) is 5. The third-order valence-electron chi connectivity index (χ3n) is 6.43. The molecule has 1 aliphatic rings. The lowest BCUT2D eigenvalue weighted by Gasteiger charge is -2.26. The quantitative estimate of drug-likeness (QED) is 0.416. The first-order valence-corrected chi connectivity index (χ1v) is 12.5. The summed E-state index contributed by atoms with van der Waals surface area (Å²) >= 11 is 6.15. The molecule has 0 saturated carbocycles. The molecular weight excluding hydrogens is 480 g/mol. The van der Waals surface area contributed by atoms with E-state index in [-0.39, 0.29) is 47.3 Å². The van der Waals surface area contributed by atoms with Crippen LogP contribution in [0, 0.1) is 28.6 Å². The van der Waals surface area contributed by atoms with Crippen LogP contribution in [0.1, 0.15) is 70.8 Å². The van der Waals surface area contributed by atoms with Crippen molar-refractivity contribution < 1.29 is 19.1 Å². The topological polar surface area (TPSA) is 124 Å². The number of nitrogens with one attached hydrogen (secondary N) is 3. The highest BCUT2D eigenvalue weighted by Crippen LogP contribution is 2.33. The zero-order chi connectivity index (χ0) is 26.8. The number of ketones is 1. The number of fused-ring (bicyclic) bond motifs is 1. The van der Waals surface area contributed by atoms with Crippen LogP contribution < -0.4 is 15.4 Å². The van der Waals surface area contributed by atoms with E-state index >= 15 is 0 Å². The Kier molecular flexibility index (Phi) is 8.04. The summed E-state index contributed by atoms with van der Waals surface area (Å²) in [5, 5.41) is 16.6. The zero-order valence-corrected chi connectivity index (χ0v) is 22.5. The molecule has 3 atom stereocenters. The number of H-pyrrole nitrogens is 1. The van der Waals surface area contributed by atoms with Crippen molar-refractivity contribution in [2.75, 3.05) is 7.11 Å².